The Kier molecular flexibility index (Phi) is 3.52. The molecule has 0 radical (unpaired) electrons. The van der Waals surface area contributed by atoms with E-state index in [0.29, 0.717) is 21.0 Å². The quantitative estimate of drug-likeness (QED) is 0.380. The first-order chi connectivity index (χ1) is 12.1. The van der Waals surface area contributed by atoms with Gasteiger partial charge in [-0.1, -0.05) is 0 Å². The number of hydrogen-bond acceptors (Lipinski definition) is 2. The number of hydrogen-bond donors (Lipinski definition) is 0. The Hall–Kier alpha value is -0.760. The molecule has 0 aromatic rings. The molecule has 2 heterocycles. The minimum atomic E-state index is -5.47. The third kappa shape index (κ3) is 1.75. The van der Waals surface area contributed by atoms with Gasteiger partial charge >= 0.3 is 17.8 Å². The lowest BCUT2D eigenvalue weighted by molar-refractivity contribution is -0.258. The summed E-state index contributed by atoms with van der Waals surface area (Å²) in [5.41, 5.74) is -1.64. The average molecular weight is 424 g/mol. The molecule has 148 valence electrons. The van der Waals surface area contributed by atoms with E-state index < -0.39 is 38.4 Å². The normalized spacial score (nSPS) is 38.7. The summed E-state index contributed by atoms with van der Waals surface area (Å²) in [6.45, 7) is 9.96. The van der Waals surface area contributed by atoms with Crippen molar-refractivity contribution in [2.24, 2.45) is 0 Å². The Morgan fingerprint density at radius 2 is 0.852 bits per heavy atom. The number of thioether (sulfide) groups is 2. The maximum atomic E-state index is 14.9. The van der Waals surface area contributed by atoms with Crippen molar-refractivity contribution in [2.75, 3.05) is 0 Å². The highest BCUT2D eigenvalue weighted by molar-refractivity contribution is 8.09. The van der Waals surface area contributed by atoms with Gasteiger partial charge in [0.2, 0.25) is 0 Å². The first-order valence-electron chi connectivity index (χ1n) is 8.45. The molecule has 2 atom stereocenters. The molecule has 1 fully saturated rings. The molecule has 0 spiro atoms. The number of rotatable bonds is 0. The van der Waals surface area contributed by atoms with Gasteiger partial charge in [-0.15, -0.1) is 23.5 Å². The average Bonchev–Trinajstić information content (AvgIpc) is 2.93. The molecule has 0 aromatic heterocycles. The highest BCUT2D eigenvalue weighted by atomic mass is 32.2. The Morgan fingerprint density at radius 3 is 1.15 bits per heavy atom. The topological polar surface area (TPSA) is 0 Å². The van der Waals surface area contributed by atoms with Crippen molar-refractivity contribution in [3.05, 3.63) is 43.2 Å². The zero-order chi connectivity index (χ0) is 20.5. The molecule has 0 amide bonds. The van der Waals surface area contributed by atoms with E-state index in [2.05, 4.69) is 0 Å². The van der Waals surface area contributed by atoms with E-state index in [1.54, 1.807) is 41.5 Å². The Labute approximate surface area is 162 Å². The molecule has 27 heavy (non-hydrogen) atoms. The first kappa shape index (κ1) is 19.6. The molecule has 4 rings (SSSR count). The van der Waals surface area contributed by atoms with Crippen molar-refractivity contribution in [3.8, 4) is 0 Å². The summed E-state index contributed by atoms with van der Waals surface area (Å²) in [5, 5.41) is 0. The van der Waals surface area contributed by atoms with Crippen LogP contribution in [-0.4, -0.2) is 27.3 Å². The molecule has 0 nitrogen and oxygen atoms in total. The van der Waals surface area contributed by atoms with E-state index in [4.69, 9.17) is 0 Å². The second kappa shape index (κ2) is 4.86. The van der Waals surface area contributed by atoms with E-state index in [1.807, 2.05) is 0 Å². The van der Waals surface area contributed by atoms with Gasteiger partial charge in [0, 0.05) is 11.1 Å². The van der Waals surface area contributed by atoms with Crippen molar-refractivity contribution >= 4 is 23.5 Å². The van der Waals surface area contributed by atoms with E-state index in [1.165, 1.54) is 23.5 Å². The van der Waals surface area contributed by atoms with Gasteiger partial charge in [0.1, 0.15) is 0 Å². The zero-order valence-corrected chi connectivity index (χ0v) is 17.2. The predicted octanol–water partition coefficient (Wildman–Crippen LogP) is 7.11. The van der Waals surface area contributed by atoms with Gasteiger partial charge in [0.05, 0.1) is 9.49 Å². The van der Waals surface area contributed by atoms with Crippen LogP contribution in [0.15, 0.2) is 43.2 Å². The van der Waals surface area contributed by atoms with Crippen LogP contribution in [-0.2, 0) is 0 Å². The van der Waals surface area contributed by atoms with Gasteiger partial charge in [-0.2, -0.15) is 26.3 Å². The second-order valence-corrected chi connectivity index (χ2v) is 11.1. The minimum Gasteiger partial charge on any atom is -0.194 e. The largest absolute Gasteiger partial charge is 0.380 e. The van der Waals surface area contributed by atoms with Gasteiger partial charge in [0.15, 0.2) is 0 Å². The predicted molar refractivity (Wildman–Crippen MR) is 97.6 cm³/mol. The van der Waals surface area contributed by atoms with Crippen molar-refractivity contribution in [1.82, 2.24) is 0 Å². The van der Waals surface area contributed by atoms with Crippen molar-refractivity contribution in [2.45, 2.75) is 68.8 Å². The molecule has 4 aliphatic rings. The van der Waals surface area contributed by atoms with Crippen molar-refractivity contribution in [1.29, 1.82) is 0 Å². The van der Waals surface area contributed by atoms with Crippen LogP contribution in [0.1, 0.15) is 41.5 Å². The van der Waals surface area contributed by atoms with Crippen LogP contribution in [0.25, 0.3) is 0 Å². The first-order valence-corrected chi connectivity index (χ1v) is 10.1. The van der Waals surface area contributed by atoms with E-state index >= 15 is 0 Å². The fourth-order valence-electron chi connectivity index (χ4n) is 4.85. The third-order valence-corrected chi connectivity index (χ3v) is 9.95. The SMILES string of the molecule is CC1=C(C)C2=C3C(=C4C(C)=C(C)SC4(C)C2(C)S1)C(F)(F)C(F)(F)C3(F)F. The standard InChI is InChI=1S/C19H18F6S2/c1-7-9(3)26-15(5)11(7)13-14(12-8(2)10(4)27-16(12,15)6)18(22,23)19(24,25)17(13,20)21/h1-6H3. The Balaban J connectivity index is 2.26. The van der Waals surface area contributed by atoms with Crippen LogP contribution in [0.2, 0.25) is 0 Å². The van der Waals surface area contributed by atoms with E-state index in [-0.39, 0.29) is 11.1 Å². The monoisotopic (exact) mass is 424 g/mol. The van der Waals surface area contributed by atoms with Gasteiger partial charge in [-0.3, -0.25) is 0 Å². The summed E-state index contributed by atoms with van der Waals surface area (Å²) in [6, 6.07) is 0. The maximum Gasteiger partial charge on any atom is 0.380 e. The van der Waals surface area contributed by atoms with Gasteiger partial charge in [0.25, 0.3) is 0 Å². The highest BCUT2D eigenvalue weighted by Crippen LogP contribution is 2.75. The summed E-state index contributed by atoms with van der Waals surface area (Å²) in [6.07, 6.45) is 0. The fraction of sp³-hybridized carbons (Fsp3) is 0.579. The van der Waals surface area contributed by atoms with Crippen LogP contribution >= 0.6 is 23.5 Å². The zero-order valence-electron chi connectivity index (χ0n) is 15.6. The number of halogens is 6. The molecule has 2 unspecified atom stereocenters. The van der Waals surface area contributed by atoms with Crippen LogP contribution in [0.5, 0.6) is 0 Å². The smallest absolute Gasteiger partial charge is 0.194 e. The molecule has 2 aliphatic heterocycles. The lowest BCUT2D eigenvalue weighted by atomic mass is 9.68. The maximum absolute atomic E-state index is 14.9. The Morgan fingerprint density at radius 1 is 0.556 bits per heavy atom. The van der Waals surface area contributed by atoms with Gasteiger partial charge in [-0.05, 0) is 73.6 Å². The summed E-state index contributed by atoms with van der Waals surface area (Å²) < 4.78 is 86.3. The Bertz CT molecular complexity index is 862. The molecular formula is C19H18F6S2. The van der Waals surface area contributed by atoms with Crippen LogP contribution in [0.3, 0.4) is 0 Å². The number of alkyl halides is 6. The molecule has 0 aromatic carbocycles. The molecule has 0 saturated heterocycles. The lowest BCUT2D eigenvalue weighted by Gasteiger charge is -2.48. The molecule has 2 aliphatic carbocycles. The van der Waals surface area contributed by atoms with Crippen LogP contribution in [0, 0.1) is 0 Å². The van der Waals surface area contributed by atoms with Gasteiger partial charge in [-0.25, -0.2) is 0 Å². The number of allylic oxidation sites excluding steroid dienone is 6. The summed E-state index contributed by atoms with van der Waals surface area (Å²) >= 11 is 2.61. The highest BCUT2D eigenvalue weighted by Gasteiger charge is 2.84. The van der Waals surface area contributed by atoms with Crippen LogP contribution in [0.4, 0.5) is 26.3 Å². The van der Waals surface area contributed by atoms with E-state index in [9.17, 15) is 26.3 Å². The molecule has 1 saturated carbocycles. The van der Waals surface area contributed by atoms with Gasteiger partial charge < -0.3 is 0 Å². The summed E-state index contributed by atoms with van der Waals surface area (Å²) in [4.78, 5) is 1.39. The van der Waals surface area contributed by atoms with Crippen molar-refractivity contribution < 1.29 is 26.3 Å². The fourth-order valence-corrected chi connectivity index (χ4v) is 8.14. The summed E-state index contributed by atoms with van der Waals surface area (Å²) in [7, 11) is 0. The summed E-state index contributed by atoms with van der Waals surface area (Å²) in [5.74, 6) is -15.4. The number of fused-ring (bicyclic) bond motifs is 4. The third-order valence-electron chi connectivity index (χ3n) is 6.55. The second-order valence-electron chi connectivity index (χ2n) is 7.86. The lowest BCUT2D eigenvalue weighted by Crippen LogP contribution is -2.49. The molecule has 0 N–H and O–H groups in total. The molecular weight excluding hydrogens is 406 g/mol. The minimum absolute atomic E-state index is 0.0527. The van der Waals surface area contributed by atoms with E-state index in [0.717, 1.165) is 0 Å². The molecule has 8 heteroatoms. The van der Waals surface area contributed by atoms with Crippen LogP contribution < -0.4 is 0 Å². The molecule has 0 bridgehead atoms. The van der Waals surface area contributed by atoms with Crippen molar-refractivity contribution in [3.63, 3.8) is 0 Å².